The highest BCUT2D eigenvalue weighted by atomic mass is 35.5. The van der Waals surface area contributed by atoms with Gasteiger partial charge in [0.15, 0.2) is 11.6 Å². The normalized spacial score (nSPS) is 11.9. The fourth-order valence-electron chi connectivity index (χ4n) is 3.67. The number of nitrogens with one attached hydrogen (secondary N) is 1. The van der Waals surface area contributed by atoms with Crippen molar-refractivity contribution < 1.29 is 13.9 Å². The molecule has 3 aromatic carbocycles. The quantitative estimate of drug-likeness (QED) is 0.368. The molecule has 5 rings (SSSR count). The molecule has 0 spiro atoms. The first-order valence-corrected chi connectivity index (χ1v) is 11.9. The summed E-state index contributed by atoms with van der Waals surface area (Å²) in [5.74, 6) is -0.459. The Morgan fingerprint density at radius 1 is 1.14 bits per heavy atom. The topological polar surface area (TPSA) is 72.7 Å². The van der Waals surface area contributed by atoms with Crippen molar-refractivity contribution in [3.63, 3.8) is 0 Å². The molecule has 0 radical (unpaired) electrons. The van der Waals surface area contributed by atoms with Crippen molar-refractivity contribution in [1.82, 2.24) is 9.38 Å². The van der Waals surface area contributed by atoms with Crippen LogP contribution in [0.25, 0.3) is 22.1 Å². The number of anilines is 1. The van der Waals surface area contributed by atoms with Gasteiger partial charge in [0.1, 0.15) is 11.6 Å². The molecule has 0 fully saturated rings. The number of hydrogen-bond donors (Lipinski definition) is 1. The largest absolute Gasteiger partial charge is 0.482 e. The molecule has 0 aliphatic rings. The predicted molar refractivity (Wildman–Crippen MR) is 137 cm³/mol. The van der Waals surface area contributed by atoms with Gasteiger partial charge in [-0.05, 0) is 85.1 Å². The Kier molecular flexibility index (Phi) is 6.00. The SMILES string of the molecule is Cc1cc2nc3s/c(=C\c4ccc(OCC(=O)Nc5ccc(F)cc5)c(Cl)c4)c(=O)n3c2cc1C. The second-order valence-corrected chi connectivity index (χ2v) is 9.52. The van der Waals surface area contributed by atoms with E-state index in [-0.39, 0.29) is 18.0 Å². The van der Waals surface area contributed by atoms with Crippen molar-refractivity contribution in [3.8, 4) is 5.75 Å². The third-order valence-corrected chi connectivity index (χ3v) is 6.86. The number of thiazole rings is 1. The molecule has 176 valence electrons. The molecule has 0 aliphatic carbocycles. The first kappa shape index (κ1) is 23.0. The van der Waals surface area contributed by atoms with Gasteiger partial charge < -0.3 is 10.1 Å². The van der Waals surface area contributed by atoms with Gasteiger partial charge in [0, 0.05) is 5.69 Å². The van der Waals surface area contributed by atoms with E-state index >= 15 is 0 Å². The van der Waals surface area contributed by atoms with Crippen molar-refractivity contribution in [2.45, 2.75) is 13.8 Å². The van der Waals surface area contributed by atoms with Crippen molar-refractivity contribution in [3.05, 3.63) is 97.0 Å². The molecule has 0 bridgehead atoms. The second-order valence-electron chi connectivity index (χ2n) is 8.10. The summed E-state index contributed by atoms with van der Waals surface area (Å²) < 4.78 is 20.7. The van der Waals surface area contributed by atoms with Gasteiger partial charge in [-0.25, -0.2) is 13.8 Å². The number of amides is 1. The van der Waals surface area contributed by atoms with Gasteiger partial charge in [0.25, 0.3) is 11.5 Å². The zero-order chi connectivity index (χ0) is 24.7. The third-order valence-electron chi connectivity index (χ3n) is 5.59. The van der Waals surface area contributed by atoms with Crippen LogP contribution in [-0.2, 0) is 4.79 Å². The first-order valence-electron chi connectivity index (χ1n) is 10.7. The number of carbonyl (C=O) groups excluding carboxylic acids is 1. The average molecular weight is 508 g/mol. The Morgan fingerprint density at radius 3 is 2.63 bits per heavy atom. The highest BCUT2D eigenvalue weighted by molar-refractivity contribution is 7.15. The standard InChI is InChI=1S/C26H19ClFN3O3S/c1-14-9-20-21(10-15(14)2)31-25(33)23(35-26(31)30-20)12-16-3-8-22(19(27)11-16)34-13-24(32)29-18-6-4-17(28)5-7-18/h3-12H,13H2,1-2H3,(H,29,32)/b23-12-. The minimum atomic E-state index is -0.404. The van der Waals surface area contributed by atoms with Gasteiger partial charge in [0.05, 0.1) is 20.6 Å². The number of benzene rings is 3. The minimum Gasteiger partial charge on any atom is -0.482 e. The molecular weight excluding hydrogens is 489 g/mol. The number of hydrogen-bond acceptors (Lipinski definition) is 5. The van der Waals surface area contributed by atoms with E-state index in [1.54, 1.807) is 28.7 Å². The number of fused-ring (bicyclic) bond motifs is 3. The molecule has 2 heterocycles. The number of nitrogens with zero attached hydrogens (tertiary/aromatic N) is 2. The maximum Gasteiger partial charge on any atom is 0.274 e. The molecule has 6 nitrogen and oxygen atoms in total. The number of aryl methyl sites for hydroxylation is 2. The summed E-state index contributed by atoms with van der Waals surface area (Å²) >= 11 is 7.67. The van der Waals surface area contributed by atoms with Crippen LogP contribution in [0.2, 0.25) is 5.02 Å². The summed E-state index contributed by atoms with van der Waals surface area (Å²) in [5, 5.41) is 2.92. The van der Waals surface area contributed by atoms with E-state index in [0.717, 1.165) is 27.7 Å². The molecule has 0 saturated carbocycles. The van der Waals surface area contributed by atoms with E-state index in [4.69, 9.17) is 16.3 Å². The molecular formula is C26H19ClFN3O3S. The summed E-state index contributed by atoms with van der Waals surface area (Å²) in [6, 6.07) is 14.5. The summed E-state index contributed by atoms with van der Waals surface area (Å²) in [6.45, 7) is 3.77. The van der Waals surface area contributed by atoms with Crippen LogP contribution in [-0.4, -0.2) is 21.9 Å². The number of halogens is 2. The van der Waals surface area contributed by atoms with Gasteiger partial charge >= 0.3 is 0 Å². The molecule has 1 N–H and O–H groups in total. The predicted octanol–water partition coefficient (Wildman–Crippen LogP) is 4.88. The Balaban J connectivity index is 1.35. The van der Waals surface area contributed by atoms with E-state index in [1.807, 2.05) is 26.0 Å². The van der Waals surface area contributed by atoms with Gasteiger partial charge in [-0.2, -0.15) is 0 Å². The van der Waals surface area contributed by atoms with Crippen LogP contribution in [0.4, 0.5) is 10.1 Å². The molecule has 0 unspecified atom stereocenters. The van der Waals surface area contributed by atoms with Crippen molar-refractivity contribution in [1.29, 1.82) is 0 Å². The van der Waals surface area contributed by atoms with Crippen LogP contribution >= 0.6 is 22.9 Å². The third kappa shape index (κ3) is 4.62. The molecule has 9 heteroatoms. The summed E-state index contributed by atoms with van der Waals surface area (Å²) in [4.78, 5) is 30.4. The molecule has 5 aromatic rings. The fraction of sp³-hybridized carbons (Fsp3) is 0.115. The number of carbonyl (C=O) groups is 1. The summed E-state index contributed by atoms with van der Waals surface area (Å²) in [6.07, 6.45) is 1.76. The molecule has 35 heavy (non-hydrogen) atoms. The molecule has 0 saturated heterocycles. The summed E-state index contributed by atoms with van der Waals surface area (Å²) in [7, 11) is 0. The summed E-state index contributed by atoms with van der Waals surface area (Å²) in [5.41, 5.74) is 4.88. The molecule has 1 amide bonds. The lowest BCUT2D eigenvalue weighted by atomic mass is 10.1. The maximum atomic E-state index is 13.1. The van der Waals surface area contributed by atoms with E-state index < -0.39 is 5.91 Å². The van der Waals surface area contributed by atoms with Gasteiger partial charge in [0.2, 0.25) is 0 Å². The van der Waals surface area contributed by atoms with Crippen molar-refractivity contribution in [2.24, 2.45) is 0 Å². The first-order chi connectivity index (χ1) is 16.8. The zero-order valence-electron chi connectivity index (χ0n) is 18.8. The maximum absolute atomic E-state index is 13.1. The van der Waals surface area contributed by atoms with E-state index in [1.165, 1.54) is 35.6 Å². The van der Waals surface area contributed by atoms with Crippen LogP contribution in [0.5, 0.6) is 5.75 Å². The molecule has 2 aromatic heterocycles. The minimum absolute atomic E-state index is 0.135. The smallest absolute Gasteiger partial charge is 0.274 e. The number of ether oxygens (including phenoxy) is 1. The fourth-order valence-corrected chi connectivity index (χ4v) is 4.90. The van der Waals surface area contributed by atoms with Gasteiger partial charge in [-0.3, -0.25) is 9.59 Å². The monoisotopic (exact) mass is 507 g/mol. The number of imidazole rings is 1. The highest BCUT2D eigenvalue weighted by Gasteiger charge is 2.13. The lowest BCUT2D eigenvalue weighted by Crippen LogP contribution is -2.22. The van der Waals surface area contributed by atoms with Gasteiger partial charge in [-0.15, -0.1) is 0 Å². The van der Waals surface area contributed by atoms with E-state index in [9.17, 15) is 14.0 Å². The van der Waals surface area contributed by atoms with Crippen LogP contribution < -0.4 is 20.1 Å². The van der Waals surface area contributed by atoms with Crippen LogP contribution in [0.3, 0.4) is 0 Å². The zero-order valence-corrected chi connectivity index (χ0v) is 20.3. The molecule has 0 aliphatic heterocycles. The van der Waals surface area contributed by atoms with Crippen molar-refractivity contribution >= 4 is 56.6 Å². The Labute approximate surface area is 208 Å². The average Bonchev–Trinajstić information content (AvgIpc) is 3.30. The van der Waals surface area contributed by atoms with Crippen LogP contribution in [0.15, 0.2) is 59.4 Å². The van der Waals surface area contributed by atoms with Crippen molar-refractivity contribution in [2.75, 3.05) is 11.9 Å². The number of rotatable bonds is 5. The van der Waals surface area contributed by atoms with Crippen LogP contribution in [0.1, 0.15) is 16.7 Å². The Hall–Kier alpha value is -3.75. The lowest BCUT2D eigenvalue weighted by Gasteiger charge is -2.09. The lowest BCUT2D eigenvalue weighted by molar-refractivity contribution is -0.118. The number of aromatic nitrogens is 2. The van der Waals surface area contributed by atoms with E-state index in [0.29, 0.717) is 26.0 Å². The van der Waals surface area contributed by atoms with Crippen LogP contribution in [0, 0.1) is 19.7 Å². The molecule has 0 atom stereocenters. The van der Waals surface area contributed by atoms with E-state index in [2.05, 4.69) is 10.3 Å². The Bertz CT molecular complexity index is 1710. The van der Waals surface area contributed by atoms with Gasteiger partial charge in [-0.1, -0.05) is 29.0 Å². The second kappa shape index (κ2) is 9.13. The highest BCUT2D eigenvalue weighted by Crippen LogP contribution is 2.26. The Morgan fingerprint density at radius 2 is 1.89 bits per heavy atom.